The fourth-order valence-electron chi connectivity index (χ4n) is 7.21. The number of benzene rings is 1. The van der Waals surface area contributed by atoms with Crippen molar-refractivity contribution in [2.45, 2.75) is 66.9 Å². The predicted molar refractivity (Wildman–Crippen MR) is 139 cm³/mol. The van der Waals surface area contributed by atoms with Gasteiger partial charge in [-0.15, -0.1) is 0 Å². The third kappa shape index (κ3) is 3.46. The van der Waals surface area contributed by atoms with E-state index in [0.29, 0.717) is 5.56 Å². The quantitative estimate of drug-likeness (QED) is 0.420. The van der Waals surface area contributed by atoms with Crippen LogP contribution in [0.25, 0.3) is 6.08 Å². The largest absolute Gasteiger partial charge is 0.511 e. The normalized spacial score (nSPS) is 31.8. The summed E-state index contributed by atoms with van der Waals surface area (Å²) >= 11 is 0. The molecule has 1 unspecified atom stereocenters. The van der Waals surface area contributed by atoms with Crippen molar-refractivity contribution in [1.82, 2.24) is 0 Å². The van der Waals surface area contributed by atoms with Gasteiger partial charge in [-0.2, -0.15) is 0 Å². The van der Waals surface area contributed by atoms with Crippen molar-refractivity contribution >= 4 is 23.4 Å². The lowest BCUT2D eigenvalue weighted by Gasteiger charge is -2.59. The molecule has 198 valence electrons. The minimum atomic E-state index is -2.60. The smallest absolute Gasteiger partial charge is 0.209 e. The van der Waals surface area contributed by atoms with Gasteiger partial charge in [-0.25, -0.2) is 0 Å². The Bertz CT molecular complexity index is 1330. The van der Waals surface area contributed by atoms with E-state index in [-0.39, 0.29) is 47.3 Å². The highest BCUT2D eigenvalue weighted by Gasteiger charge is 2.71. The van der Waals surface area contributed by atoms with Gasteiger partial charge in [0.2, 0.25) is 5.78 Å². The van der Waals surface area contributed by atoms with Gasteiger partial charge in [0.25, 0.3) is 0 Å². The summed E-state index contributed by atoms with van der Waals surface area (Å²) in [6, 6.07) is 3.17. The molecule has 0 saturated heterocycles. The van der Waals surface area contributed by atoms with E-state index in [1.807, 2.05) is 39.8 Å². The number of carbonyl (C=O) groups excluding carboxylic acids is 3. The SMILES string of the molecule is CC(=O)C1=C(O)C(C(C)C)[C@@]2(C)C[C@@]3(C)Cc4c(/C=C/C(C)C)ccc(O)c4C(=O)C3=C(O)[C@@]2(O)C1=O. The maximum atomic E-state index is 13.9. The third-order valence-corrected chi connectivity index (χ3v) is 8.59. The summed E-state index contributed by atoms with van der Waals surface area (Å²) in [4.78, 5) is 40.0. The maximum absolute atomic E-state index is 13.9. The number of rotatable bonds is 4. The van der Waals surface area contributed by atoms with Gasteiger partial charge in [0.15, 0.2) is 17.2 Å². The highest BCUT2D eigenvalue weighted by Crippen LogP contribution is 2.65. The van der Waals surface area contributed by atoms with Gasteiger partial charge >= 0.3 is 0 Å². The molecule has 4 rings (SSSR count). The van der Waals surface area contributed by atoms with Crippen LogP contribution in [0.1, 0.15) is 76.4 Å². The summed E-state index contributed by atoms with van der Waals surface area (Å²) in [7, 11) is 0. The Balaban J connectivity index is 2.05. The van der Waals surface area contributed by atoms with E-state index in [4.69, 9.17) is 0 Å². The molecule has 1 aromatic carbocycles. The van der Waals surface area contributed by atoms with E-state index < -0.39 is 51.0 Å². The second-order valence-corrected chi connectivity index (χ2v) is 12.1. The Morgan fingerprint density at radius 3 is 2.24 bits per heavy atom. The third-order valence-electron chi connectivity index (χ3n) is 8.59. The molecule has 0 aromatic heterocycles. The van der Waals surface area contributed by atoms with Gasteiger partial charge in [-0.1, -0.05) is 59.8 Å². The van der Waals surface area contributed by atoms with Crippen molar-refractivity contribution < 1.29 is 34.8 Å². The molecule has 0 saturated carbocycles. The predicted octanol–water partition coefficient (Wildman–Crippen LogP) is 5.02. The van der Waals surface area contributed by atoms with Gasteiger partial charge in [0.05, 0.1) is 5.56 Å². The number of carbonyl (C=O) groups is 3. The minimum Gasteiger partial charge on any atom is -0.511 e. The molecule has 0 spiro atoms. The Labute approximate surface area is 217 Å². The zero-order chi connectivity index (χ0) is 27.8. The summed E-state index contributed by atoms with van der Waals surface area (Å²) < 4.78 is 0. The molecule has 0 heterocycles. The molecule has 37 heavy (non-hydrogen) atoms. The van der Waals surface area contributed by atoms with Gasteiger partial charge in [0.1, 0.15) is 22.8 Å². The lowest BCUT2D eigenvalue weighted by Crippen LogP contribution is -2.67. The molecule has 7 nitrogen and oxygen atoms in total. The molecule has 7 heteroatoms. The molecule has 3 aliphatic carbocycles. The molecule has 0 aliphatic heterocycles. The number of aliphatic hydroxyl groups is 3. The van der Waals surface area contributed by atoms with E-state index in [2.05, 4.69) is 0 Å². The van der Waals surface area contributed by atoms with Crippen LogP contribution in [0.3, 0.4) is 0 Å². The van der Waals surface area contributed by atoms with E-state index in [0.717, 1.165) is 12.5 Å². The number of aromatic hydroxyl groups is 1. The fraction of sp³-hybridized carbons (Fsp3) is 0.500. The number of hydrogen-bond acceptors (Lipinski definition) is 7. The second kappa shape index (κ2) is 8.42. The first-order valence-corrected chi connectivity index (χ1v) is 12.8. The average Bonchev–Trinajstić information content (AvgIpc) is 2.75. The Morgan fingerprint density at radius 2 is 1.70 bits per heavy atom. The lowest BCUT2D eigenvalue weighted by atomic mass is 9.44. The lowest BCUT2D eigenvalue weighted by molar-refractivity contribution is -0.171. The number of phenolic OH excluding ortho intramolecular Hbond substituents is 1. The number of ketones is 3. The number of phenols is 1. The van der Waals surface area contributed by atoms with Crippen LogP contribution in [0.2, 0.25) is 0 Å². The molecule has 0 bridgehead atoms. The zero-order valence-electron chi connectivity index (χ0n) is 22.5. The van der Waals surface area contributed by atoms with Gasteiger partial charge < -0.3 is 20.4 Å². The Hall–Kier alpha value is -3.19. The number of Topliss-reactive ketones (excluding diaryl/α,β-unsaturated/α-hetero) is 3. The van der Waals surface area contributed by atoms with Crippen LogP contribution in [-0.2, 0) is 16.0 Å². The number of allylic oxidation sites excluding steroid dienone is 3. The first-order chi connectivity index (χ1) is 17.0. The summed E-state index contributed by atoms with van der Waals surface area (Å²) in [5.41, 5.74) is -4.31. The fourth-order valence-corrected chi connectivity index (χ4v) is 7.21. The molecule has 4 atom stereocenters. The van der Waals surface area contributed by atoms with Crippen LogP contribution in [0, 0.1) is 28.6 Å². The van der Waals surface area contributed by atoms with Crippen LogP contribution in [0.4, 0.5) is 0 Å². The van der Waals surface area contributed by atoms with Gasteiger partial charge in [-0.3, -0.25) is 14.4 Å². The molecular formula is C30H36O7. The summed E-state index contributed by atoms with van der Waals surface area (Å²) in [6.07, 6.45) is 4.23. The summed E-state index contributed by atoms with van der Waals surface area (Å²) in [5, 5.41) is 45.6. The average molecular weight is 509 g/mol. The van der Waals surface area contributed by atoms with Crippen molar-refractivity contribution in [2.24, 2.45) is 28.6 Å². The highest BCUT2D eigenvalue weighted by molar-refractivity contribution is 6.25. The topological polar surface area (TPSA) is 132 Å². The molecule has 3 aliphatic rings. The number of fused-ring (bicyclic) bond motifs is 3. The second-order valence-electron chi connectivity index (χ2n) is 12.1. The molecule has 0 radical (unpaired) electrons. The first-order valence-electron chi connectivity index (χ1n) is 12.8. The summed E-state index contributed by atoms with van der Waals surface area (Å²) in [6.45, 7) is 12.2. The van der Waals surface area contributed by atoms with Crippen molar-refractivity contribution in [3.05, 3.63) is 57.6 Å². The van der Waals surface area contributed by atoms with E-state index in [1.165, 1.54) is 6.07 Å². The Kier molecular flexibility index (Phi) is 6.11. The monoisotopic (exact) mass is 508 g/mol. The van der Waals surface area contributed by atoms with Crippen LogP contribution in [0.15, 0.2) is 40.9 Å². The maximum Gasteiger partial charge on any atom is 0.209 e. The molecule has 4 N–H and O–H groups in total. The Morgan fingerprint density at radius 1 is 1.08 bits per heavy atom. The van der Waals surface area contributed by atoms with Crippen LogP contribution >= 0.6 is 0 Å². The number of hydrogen-bond donors (Lipinski definition) is 4. The first kappa shape index (κ1) is 26.9. The van der Waals surface area contributed by atoms with Gasteiger partial charge in [0, 0.05) is 22.3 Å². The van der Waals surface area contributed by atoms with Crippen molar-refractivity contribution in [2.75, 3.05) is 0 Å². The standard InChI is InChI=1S/C30H36O7/c1-14(2)8-9-17-10-11-19(32)21-18(17)12-28(6)13-29(7)22(15(3)4)24(33)20(16(5)31)26(35)30(29,37)27(36)23(28)25(21)34/h8-11,14-15,22,32-33,36-37H,12-13H2,1-7H3/b9-8+/t22?,28-,29-,30+/m1/s1. The summed E-state index contributed by atoms with van der Waals surface area (Å²) in [5.74, 6) is -4.83. The zero-order valence-corrected chi connectivity index (χ0v) is 22.5. The van der Waals surface area contributed by atoms with Crippen LogP contribution in [0.5, 0.6) is 5.75 Å². The molecule has 1 aromatic rings. The molecular weight excluding hydrogens is 472 g/mol. The van der Waals surface area contributed by atoms with E-state index in [1.54, 1.807) is 19.9 Å². The van der Waals surface area contributed by atoms with Gasteiger partial charge in [-0.05, 0) is 48.8 Å². The van der Waals surface area contributed by atoms with Crippen LogP contribution in [-0.4, -0.2) is 43.4 Å². The van der Waals surface area contributed by atoms with Crippen molar-refractivity contribution in [3.8, 4) is 5.75 Å². The van der Waals surface area contributed by atoms with E-state index >= 15 is 0 Å². The number of aliphatic hydroxyl groups excluding tert-OH is 2. The molecule has 0 fully saturated rings. The van der Waals surface area contributed by atoms with E-state index in [9.17, 15) is 34.8 Å². The molecule has 0 amide bonds. The van der Waals surface area contributed by atoms with Crippen LogP contribution < -0.4 is 0 Å². The van der Waals surface area contributed by atoms with Crippen molar-refractivity contribution in [3.63, 3.8) is 0 Å². The van der Waals surface area contributed by atoms with Crippen molar-refractivity contribution in [1.29, 1.82) is 0 Å². The highest BCUT2D eigenvalue weighted by atomic mass is 16.3. The minimum absolute atomic E-state index is 0.0333.